The first-order valence-electron chi connectivity index (χ1n) is 11.7. The number of thiophene rings is 1. The number of aliphatic carboxylic acids is 1. The fourth-order valence-electron chi connectivity index (χ4n) is 4.01. The van der Waals surface area contributed by atoms with E-state index in [0.29, 0.717) is 16.3 Å². The molecule has 192 valence electrons. The summed E-state index contributed by atoms with van der Waals surface area (Å²) in [6.45, 7) is 0. The minimum absolute atomic E-state index is 0.299. The first kappa shape index (κ1) is 26.1. The van der Waals surface area contributed by atoms with E-state index >= 15 is 0 Å². The van der Waals surface area contributed by atoms with Crippen molar-refractivity contribution < 1.29 is 9.90 Å². The van der Waals surface area contributed by atoms with Gasteiger partial charge in [-0.05, 0) is 72.3 Å². The summed E-state index contributed by atoms with van der Waals surface area (Å²) >= 11 is 1.42. The van der Waals surface area contributed by atoms with Crippen LogP contribution < -0.4 is 26.6 Å². The van der Waals surface area contributed by atoms with Crippen molar-refractivity contribution in [3.05, 3.63) is 83.2 Å². The molecular weight excluding hydrogens is 496 g/mol. The van der Waals surface area contributed by atoms with E-state index < -0.39 is 5.97 Å². The normalized spacial score (nSPS) is 11.1. The van der Waals surface area contributed by atoms with E-state index in [1.165, 1.54) is 17.4 Å². The Balaban J connectivity index is 1.78. The maximum Gasteiger partial charge on any atom is 0.346 e. The second kappa shape index (κ2) is 11.0. The van der Waals surface area contributed by atoms with E-state index in [9.17, 15) is 4.79 Å². The predicted molar refractivity (Wildman–Crippen MR) is 158 cm³/mol. The molecule has 0 unspecified atom stereocenters. The molecule has 3 aromatic carbocycles. The molecule has 1 aromatic heterocycles. The summed E-state index contributed by atoms with van der Waals surface area (Å²) in [6, 6.07) is 25.2. The Morgan fingerprint density at radius 3 is 2.16 bits per heavy atom. The number of nitrogens with zero attached hydrogens (tertiary/aromatic N) is 3. The van der Waals surface area contributed by atoms with Gasteiger partial charge in [0.05, 0.1) is 11.4 Å². The van der Waals surface area contributed by atoms with Crippen LogP contribution in [0.3, 0.4) is 0 Å². The van der Waals surface area contributed by atoms with Crippen LogP contribution in [0.25, 0.3) is 16.5 Å². The fourth-order valence-corrected chi connectivity index (χ4v) is 4.96. The molecule has 4 rings (SSSR count). The van der Waals surface area contributed by atoms with E-state index in [1.54, 1.807) is 6.07 Å². The van der Waals surface area contributed by atoms with E-state index in [4.69, 9.17) is 21.8 Å². The second-order valence-electron chi connectivity index (χ2n) is 8.80. The van der Waals surface area contributed by atoms with E-state index in [1.807, 2.05) is 92.8 Å². The van der Waals surface area contributed by atoms with Crippen molar-refractivity contribution in [3.8, 4) is 16.5 Å². The quantitative estimate of drug-likeness (QED) is 0.123. The summed E-state index contributed by atoms with van der Waals surface area (Å²) in [5.74, 6) is -1.24. The molecule has 0 aliphatic rings. The molecule has 0 aliphatic heterocycles. The van der Waals surface area contributed by atoms with Crippen molar-refractivity contribution >= 4 is 63.2 Å². The lowest BCUT2D eigenvalue weighted by atomic mass is 10.1. The summed E-state index contributed by atoms with van der Waals surface area (Å²) < 4.78 is 0. The lowest BCUT2D eigenvalue weighted by Crippen LogP contribution is -2.14. The minimum atomic E-state index is -1.24. The molecule has 0 fully saturated rings. The summed E-state index contributed by atoms with van der Waals surface area (Å²) in [7, 11) is 5.79. The first-order valence-corrected chi connectivity index (χ1v) is 12.5. The lowest BCUT2D eigenvalue weighted by molar-refractivity contribution is -0.132. The monoisotopic (exact) mass is 524 g/mol. The summed E-state index contributed by atoms with van der Waals surface area (Å²) in [4.78, 5) is 16.9. The van der Waals surface area contributed by atoms with Gasteiger partial charge >= 0.3 is 5.97 Å². The van der Waals surface area contributed by atoms with Crippen molar-refractivity contribution in [3.63, 3.8) is 0 Å². The van der Waals surface area contributed by atoms with Gasteiger partial charge in [-0.25, -0.2) is 4.79 Å². The molecule has 0 saturated heterocycles. The van der Waals surface area contributed by atoms with Gasteiger partial charge in [0.25, 0.3) is 0 Å². The number of nitriles is 1. The van der Waals surface area contributed by atoms with Crippen LogP contribution in [-0.4, -0.2) is 32.2 Å². The zero-order valence-corrected chi connectivity index (χ0v) is 22.1. The molecule has 1 heterocycles. The molecule has 0 radical (unpaired) electrons. The zero-order valence-electron chi connectivity index (χ0n) is 21.3. The molecule has 9 heteroatoms. The lowest BCUT2D eigenvalue weighted by Gasteiger charge is -2.28. The Kier molecular flexibility index (Phi) is 7.55. The third-order valence-corrected chi connectivity index (χ3v) is 6.94. The van der Waals surface area contributed by atoms with Gasteiger partial charge in [0.1, 0.15) is 11.6 Å². The van der Waals surface area contributed by atoms with E-state index in [-0.39, 0.29) is 5.57 Å². The molecule has 8 nitrogen and oxygen atoms in total. The summed E-state index contributed by atoms with van der Waals surface area (Å²) in [6.07, 6.45) is 1.38. The number of benzene rings is 3. The number of nitrogens with one attached hydrogen (secondary N) is 1. The van der Waals surface area contributed by atoms with Gasteiger partial charge in [-0.3, -0.25) is 0 Å². The number of rotatable bonds is 8. The second-order valence-corrected chi connectivity index (χ2v) is 9.92. The molecule has 0 saturated carbocycles. The predicted octanol–water partition coefficient (Wildman–Crippen LogP) is 6.15. The SMILES string of the molecule is CNc1cc(N)cc(N(c2ccc(-c3ccc(/C=C(\C#N)C(=O)O)s3)cc2)c2cc(N)cc(N(C)C)c2)c1. The molecule has 0 bridgehead atoms. The molecule has 0 atom stereocenters. The number of nitrogen functional groups attached to an aromatic ring is 2. The minimum Gasteiger partial charge on any atom is -0.477 e. The van der Waals surface area contributed by atoms with Gasteiger partial charge in [-0.1, -0.05) is 12.1 Å². The molecule has 0 spiro atoms. The Bertz CT molecular complexity index is 1550. The smallest absolute Gasteiger partial charge is 0.346 e. The molecule has 4 aromatic rings. The van der Waals surface area contributed by atoms with Gasteiger partial charge in [0.15, 0.2) is 0 Å². The third-order valence-electron chi connectivity index (χ3n) is 5.86. The van der Waals surface area contributed by atoms with Crippen LogP contribution in [-0.2, 0) is 4.79 Å². The van der Waals surface area contributed by atoms with Gasteiger partial charge in [0, 0.05) is 59.3 Å². The average molecular weight is 525 g/mol. The van der Waals surface area contributed by atoms with Gasteiger partial charge in [0.2, 0.25) is 0 Å². The highest BCUT2D eigenvalue weighted by molar-refractivity contribution is 7.16. The van der Waals surface area contributed by atoms with Gasteiger partial charge in [-0.2, -0.15) is 5.26 Å². The van der Waals surface area contributed by atoms with Crippen LogP contribution in [0.4, 0.5) is 39.8 Å². The number of carbonyl (C=O) groups is 1. The molecule has 6 N–H and O–H groups in total. The zero-order chi connectivity index (χ0) is 27.4. The van der Waals surface area contributed by atoms with Crippen molar-refractivity contribution in [1.29, 1.82) is 5.26 Å². The third kappa shape index (κ3) is 5.72. The maximum absolute atomic E-state index is 11.2. The summed E-state index contributed by atoms with van der Waals surface area (Å²) in [5.41, 5.74) is 19.0. The van der Waals surface area contributed by atoms with E-state index in [0.717, 1.165) is 38.9 Å². The highest BCUT2D eigenvalue weighted by Gasteiger charge is 2.16. The molecule has 0 aliphatic carbocycles. The van der Waals surface area contributed by atoms with Crippen molar-refractivity contribution in [2.24, 2.45) is 0 Å². The topological polar surface area (TPSA) is 132 Å². The number of nitrogens with two attached hydrogens (primary N) is 2. The van der Waals surface area contributed by atoms with Crippen LogP contribution in [0.15, 0.2) is 78.4 Å². The Morgan fingerprint density at radius 1 is 0.921 bits per heavy atom. The average Bonchev–Trinajstić information content (AvgIpc) is 3.35. The van der Waals surface area contributed by atoms with Gasteiger partial charge < -0.3 is 31.7 Å². The number of carboxylic acid groups (broad SMARTS) is 1. The Morgan fingerprint density at radius 2 is 1.55 bits per heavy atom. The Hall–Kier alpha value is -4.94. The van der Waals surface area contributed by atoms with Crippen molar-refractivity contribution in [2.45, 2.75) is 0 Å². The maximum atomic E-state index is 11.2. The molecule has 0 amide bonds. The number of anilines is 7. The van der Waals surface area contributed by atoms with E-state index in [2.05, 4.69) is 16.3 Å². The Labute approximate surface area is 225 Å². The highest BCUT2D eigenvalue weighted by Crippen LogP contribution is 2.40. The summed E-state index contributed by atoms with van der Waals surface area (Å²) in [5, 5.41) is 21.3. The van der Waals surface area contributed by atoms with Crippen molar-refractivity contribution in [1.82, 2.24) is 0 Å². The molecular formula is C29H28N6O2S. The molecule has 38 heavy (non-hydrogen) atoms. The number of hydrogen-bond acceptors (Lipinski definition) is 8. The van der Waals surface area contributed by atoms with Crippen LogP contribution in [0, 0.1) is 11.3 Å². The van der Waals surface area contributed by atoms with Crippen LogP contribution >= 0.6 is 11.3 Å². The highest BCUT2D eigenvalue weighted by atomic mass is 32.1. The van der Waals surface area contributed by atoms with Gasteiger partial charge in [-0.15, -0.1) is 11.3 Å². The van der Waals surface area contributed by atoms with Crippen molar-refractivity contribution in [2.75, 3.05) is 47.7 Å². The van der Waals surface area contributed by atoms with Crippen LogP contribution in [0.5, 0.6) is 0 Å². The first-order chi connectivity index (χ1) is 18.2. The standard InChI is InChI=1S/C29H28N6O2S/c1-33-22-11-20(31)13-25(15-22)35(26-14-21(32)12-24(16-26)34(2)3)23-6-4-18(5-7-23)28-9-8-27(38-28)10-19(17-30)29(36)37/h4-16,33H,31-32H2,1-3H3,(H,36,37)/b19-10+. The fraction of sp³-hybridized carbons (Fsp3) is 0.103. The number of hydrogen-bond donors (Lipinski definition) is 4. The van der Waals surface area contributed by atoms with Crippen LogP contribution in [0.2, 0.25) is 0 Å². The number of carboxylic acids is 1. The van der Waals surface area contributed by atoms with Crippen LogP contribution in [0.1, 0.15) is 4.88 Å². The largest absolute Gasteiger partial charge is 0.477 e.